The van der Waals surface area contributed by atoms with Crippen molar-refractivity contribution < 1.29 is 4.79 Å². The Morgan fingerprint density at radius 2 is 2.42 bits per heavy atom. The van der Waals surface area contributed by atoms with Crippen molar-refractivity contribution in [3.8, 4) is 0 Å². The van der Waals surface area contributed by atoms with E-state index in [9.17, 15) is 4.79 Å². The van der Waals surface area contributed by atoms with Gasteiger partial charge in [-0.15, -0.1) is 11.3 Å². The summed E-state index contributed by atoms with van der Waals surface area (Å²) in [6.07, 6.45) is 3.54. The van der Waals surface area contributed by atoms with Crippen molar-refractivity contribution in [1.82, 2.24) is 0 Å². The molecule has 1 aliphatic rings. The summed E-state index contributed by atoms with van der Waals surface area (Å²) in [5.74, 6) is 0.800. The van der Waals surface area contributed by atoms with Gasteiger partial charge < -0.3 is 4.79 Å². The Hall–Kier alpha value is -0.150. The highest BCUT2D eigenvalue weighted by molar-refractivity contribution is 9.10. The first-order valence-corrected chi connectivity index (χ1v) is 5.68. The summed E-state index contributed by atoms with van der Waals surface area (Å²) in [4.78, 5) is 12.0. The minimum atomic E-state index is 0.168. The van der Waals surface area contributed by atoms with Crippen molar-refractivity contribution in [2.75, 3.05) is 0 Å². The smallest absolute Gasteiger partial charge is 0.128 e. The normalized spacial score (nSPS) is 19.1. The summed E-state index contributed by atoms with van der Waals surface area (Å²) in [6, 6.07) is 2.06. The number of hydrogen-bond acceptors (Lipinski definition) is 2. The molecule has 0 bridgehead atoms. The fourth-order valence-corrected chi connectivity index (χ4v) is 2.96. The van der Waals surface area contributed by atoms with Gasteiger partial charge >= 0.3 is 0 Å². The molecule has 0 spiro atoms. The predicted molar refractivity (Wildman–Crippen MR) is 53.5 cm³/mol. The molecule has 0 aromatic carbocycles. The lowest BCUT2D eigenvalue weighted by atomic mass is 10.0. The second kappa shape index (κ2) is 3.30. The van der Waals surface area contributed by atoms with Crippen LogP contribution in [0.4, 0.5) is 0 Å². The Kier molecular flexibility index (Phi) is 2.33. The highest BCUT2D eigenvalue weighted by Gasteiger charge is 2.32. The number of rotatable bonds is 3. The lowest BCUT2D eigenvalue weighted by Gasteiger charge is -2.03. The number of aldehydes is 1. The summed E-state index contributed by atoms with van der Waals surface area (Å²) in [7, 11) is 0. The van der Waals surface area contributed by atoms with Crippen LogP contribution in [-0.2, 0) is 4.79 Å². The van der Waals surface area contributed by atoms with Gasteiger partial charge in [-0.1, -0.05) is 0 Å². The molecule has 2 rings (SSSR count). The number of hydrogen-bond donors (Lipinski definition) is 0. The van der Waals surface area contributed by atoms with Crippen LogP contribution in [0.5, 0.6) is 0 Å². The Balaban J connectivity index is 2.20. The van der Waals surface area contributed by atoms with E-state index in [0.29, 0.717) is 5.92 Å². The van der Waals surface area contributed by atoms with Crippen molar-refractivity contribution >= 4 is 33.6 Å². The number of carbonyl (C=O) groups excluding carboxylic acids is 1. The zero-order valence-electron chi connectivity index (χ0n) is 6.50. The molecular formula is C9H9BrOS. The van der Waals surface area contributed by atoms with Crippen molar-refractivity contribution in [1.29, 1.82) is 0 Å². The van der Waals surface area contributed by atoms with E-state index >= 15 is 0 Å². The van der Waals surface area contributed by atoms with E-state index in [0.717, 1.165) is 10.8 Å². The quantitative estimate of drug-likeness (QED) is 0.747. The van der Waals surface area contributed by atoms with Gasteiger partial charge in [-0.2, -0.15) is 0 Å². The maximum absolute atomic E-state index is 10.8. The molecule has 1 nitrogen and oxygen atoms in total. The summed E-state index contributed by atoms with van der Waals surface area (Å²) >= 11 is 5.07. The molecule has 1 fully saturated rings. The molecule has 1 atom stereocenters. The van der Waals surface area contributed by atoms with Gasteiger partial charge in [-0.3, -0.25) is 0 Å². The van der Waals surface area contributed by atoms with Crippen molar-refractivity contribution in [2.24, 2.45) is 5.92 Å². The number of carbonyl (C=O) groups is 1. The molecule has 1 heterocycles. The highest BCUT2D eigenvalue weighted by atomic mass is 79.9. The first-order valence-electron chi connectivity index (χ1n) is 4.00. The van der Waals surface area contributed by atoms with Crippen LogP contribution in [-0.4, -0.2) is 6.29 Å². The third kappa shape index (κ3) is 1.62. The zero-order valence-corrected chi connectivity index (χ0v) is 8.90. The number of thiophene rings is 1. The van der Waals surface area contributed by atoms with Gasteiger partial charge in [-0.25, -0.2) is 0 Å². The Labute approximate surface area is 83.9 Å². The van der Waals surface area contributed by atoms with Crippen LogP contribution in [0.3, 0.4) is 0 Å². The zero-order chi connectivity index (χ0) is 8.55. The summed E-state index contributed by atoms with van der Waals surface area (Å²) < 4.78 is 1.09. The van der Waals surface area contributed by atoms with Gasteiger partial charge in [0.25, 0.3) is 0 Å². The Morgan fingerprint density at radius 1 is 1.67 bits per heavy atom. The maximum Gasteiger partial charge on any atom is 0.128 e. The van der Waals surface area contributed by atoms with Crippen LogP contribution in [0.15, 0.2) is 15.9 Å². The van der Waals surface area contributed by atoms with Gasteiger partial charge in [0, 0.05) is 14.7 Å². The van der Waals surface area contributed by atoms with E-state index in [1.807, 2.05) is 5.38 Å². The predicted octanol–water partition coefficient (Wildman–Crippen LogP) is 3.20. The van der Waals surface area contributed by atoms with E-state index in [2.05, 4.69) is 22.0 Å². The first-order chi connectivity index (χ1) is 5.81. The third-order valence-corrected chi connectivity index (χ3v) is 3.99. The third-order valence-electron chi connectivity index (χ3n) is 2.19. The van der Waals surface area contributed by atoms with E-state index in [-0.39, 0.29) is 5.92 Å². The highest BCUT2D eigenvalue weighted by Crippen LogP contribution is 2.43. The SMILES string of the molecule is O=C[C@@H](c1cc(Br)cs1)C1CC1. The van der Waals surface area contributed by atoms with E-state index in [1.165, 1.54) is 17.7 Å². The first kappa shape index (κ1) is 8.45. The maximum atomic E-state index is 10.8. The minimum absolute atomic E-state index is 0.168. The molecule has 12 heavy (non-hydrogen) atoms. The fraction of sp³-hybridized carbons (Fsp3) is 0.444. The van der Waals surface area contributed by atoms with Crippen LogP contribution in [0.1, 0.15) is 23.6 Å². The lowest BCUT2D eigenvalue weighted by Crippen LogP contribution is -1.99. The van der Waals surface area contributed by atoms with E-state index in [4.69, 9.17) is 0 Å². The van der Waals surface area contributed by atoms with Gasteiger partial charge in [0.1, 0.15) is 6.29 Å². The molecule has 0 saturated heterocycles. The van der Waals surface area contributed by atoms with Crippen molar-refractivity contribution in [2.45, 2.75) is 18.8 Å². The minimum Gasteiger partial charge on any atom is -0.303 e. The summed E-state index contributed by atoms with van der Waals surface area (Å²) in [5, 5.41) is 2.04. The van der Waals surface area contributed by atoms with Crippen molar-refractivity contribution in [3.63, 3.8) is 0 Å². The largest absolute Gasteiger partial charge is 0.303 e. The molecule has 0 N–H and O–H groups in total. The molecule has 0 radical (unpaired) electrons. The Morgan fingerprint density at radius 3 is 2.83 bits per heavy atom. The average molecular weight is 245 g/mol. The lowest BCUT2D eigenvalue weighted by molar-refractivity contribution is -0.109. The fourth-order valence-electron chi connectivity index (χ4n) is 1.37. The molecular weight excluding hydrogens is 236 g/mol. The van der Waals surface area contributed by atoms with Crippen LogP contribution < -0.4 is 0 Å². The second-order valence-corrected chi connectivity index (χ2v) is 5.03. The van der Waals surface area contributed by atoms with Gasteiger partial charge in [0.15, 0.2) is 0 Å². The van der Waals surface area contributed by atoms with Crippen LogP contribution >= 0.6 is 27.3 Å². The van der Waals surface area contributed by atoms with Gasteiger partial charge in [0.05, 0.1) is 5.92 Å². The molecule has 1 aromatic rings. The molecule has 1 saturated carbocycles. The monoisotopic (exact) mass is 244 g/mol. The van der Waals surface area contributed by atoms with Gasteiger partial charge in [0.2, 0.25) is 0 Å². The molecule has 1 aromatic heterocycles. The summed E-state index contributed by atoms with van der Waals surface area (Å²) in [5.41, 5.74) is 0. The van der Waals surface area contributed by atoms with Crippen molar-refractivity contribution in [3.05, 3.63) is 20.8 Å². The van der Waals surface area contributed by atoms with Gasteiger partial charge in [-0.05, 0) is 40.8 Å². The molecule has 0 unspecified atom stereocenters. The standard InChI is InChI=1S/C9H9BrOS/c10-7-3-9(12-5-7)8(4-11)6-1-2-6/h3-6,8H,1-2H2/t8-/m1/s1. The average Bonchev–Trinajstić information content (AvgIpc) is 2.78. The van der Waals surface area contributed by atoms with Crippen LogP contribution in [0, 0.1) is 5.92 Å². The topological polar surface area (TPSA) is 17.1 Å². The Bertz CT molecular complexity index is 290. The summed E-state index contributed by atoms with van der Waals surface area (Å²) in [6.45, 7) is 0. The van der Waals surface area contributed by atoms with E-state index < -0.39 is 0 Å². The van der Waals surface area contributed by atoms with Crippen LogP contribution in [0.25, 0.3) is 0 Å². The second-order valence-electron chi connectivity index (χ2n) is 3.17. The van der Waals surface area contributed by atoms with E-state index in [1.54, 1.807) is 11.3 Å². The number of halogens is 1. The molecule has 64 valence electrons. The molecule has 3 heteroatoms. The molecule has 1 aliphatic carbocycles. The molecule has 0 amide bonds. The molecule has 0 aliphatic heterocycles. The van der Waals surface area contributed by atoms with Crippen LogP contribution in [0.2, 0.25) is 0 Å².